The summed E-state index contributed by atoms with van der Waals surface area (Å²) < 4.78 is 10.8. The third-order valence-electron chi connectivity index (χ3n) is 3.14. The molecule has 2 N–H and O–H groups in total. The van der Waals surface area contributed by atoms with E-state index in [9.17, 15) is 14.4 Å². The topological polar surface area (TPSA) is 93.7 Å². The first-order valence-electron chi connectivity index (χ1n) is 8.00. The van der Waals surface area contributed by atoms with E-state index < -0.39 is 17.8 Å². The Hall–Kier alpha value is -2.35. The molecule has 0 saturated heterocycles. The fourth-order valence-corrected chi connectivity index (χ4v) is 2.26. The molecule has 142 valence electrons. The van der Waals surface area contributed by atoms with Crippen LogP contribution >= 0.6 is 15.9 Å². The van der Waals surface area contributed by atoms with Gasteiger partial charge in [0.15, 0.2) is 6.61 Å². The van der Waals surface area contributed by atoms with Gasteiger partial charge in [0.25, 0.3) is 11.8 Å². The Morgan fingerprint density at radius 3 is 2.42 bits per heavy atom. The van der Waals surface area contributed by atoms with Crippen molar-refractivity contribution in [1.29, 1.82) is 0 Å². The van der Waals surface area contributed by atoms with E-state index in [1.807, 2.05) is 12.1 Å². The molecule has 0 saturated carbocycles. The molecule has 1 rings (SSSR count). The van der Waals surface area contributed by atoms with Crippen LogP contribution in [0.15, 0.2) is 34.8 Å². The number of halogens is 1. The second-order valence-electron chi connectivity index (χ2n) is 6.31. The van der Waals surface area contributed by atoms with Gasteiger partial charge in [-0.05, 0) is 46.0 Å². The number of carbonyl (C=O) groups is 3. The van der Waals surface area contributed by atoms with Crippen LogP contribution in [-0.2, 0) is 24.5 Å². The molecule has 1 aromatic rings. The Balaban J connectivity index is 2.45. The number of hydrogen-bond donors (Lipinski definition) is 2. The molecule has 0 heterocycles. The number of nitrogens with one attached hydrogen (secondary N) is 2. The predicted molar refractivity (Wildman–Crippen MR) is 100 cm³/mol. The second-order valence-corrected chi connectivity index (χ2v) is 7.16. The van der Waals surface area contributed by atoms with Crippen LogP contribution in [0.5, 0.6) is 5.75 Å². The number of carbonyl (C=O) groups excluding carboxylic acids is 3. The number of rotatable bonds is 6. The zero-order valence-electron chi connectivity index (χ0n) is 15.2. The maximum Gasteiger partial charge on any atom is 0.330 e. The molecule has 0 aliphatic carbocycles. The summed E-state index contributed by atoms with van der Waals surface area (Å²) in [7, 11) is 0. The highest BCUT2D eigenvalue weighted by atomic mass is 79.9. The third kappa shape index (κ3) is 7.69. The minimum atomic E-state index is -0.665. The van der Waals surface area contributed by atoms with Crippen LogP contribution in [-0.4, -0.2) is 31.0 Å². The molecule has 0 unspecified atom stereocenters. The lowest BCUT2D eigenvalue weighted by molar-refractivity contribution is -0.137. The summed E-state index contributed by atoms with van der Waals surface area (Å²) in [5.41, 5.74) is 5.44. The fraction of sp³-hybridized carbons (Fsp3) is 0.389. The van der Waals surface area contributed by atoms with Gasteiger partial charge in [0.05, 0.1) is 11.1 Å². The SMILES string of the molecule is CCOC(=O)/C=C\C(=O)NNC(=O)COc1ccc(C(C)(C)C)cc1Br. The molecule has 0 fully saturated rings. The average Bonchev–Trinajstić information content (AvgIpc) is 2.56. The van der Waals surface area contributed by atoms with E-state index in [1.54, 1.807) is 13.0 Å². The number of esters is 1. The van der Waals surface area contributed by atoms with Gasteiger partial charge in [-0.1, -0.05) is 26.8 Å². The van der Waals surface area contributed by atoms with E-state index in [2.05, 4.69) is 52.3 Å². The van der Waals surface area contributed by atoms with Gasteiger partial charge in [-0.2, -0.15) is 0 Å². The van der Waals surface area contributed by atoms with E-state index in [4.69, 9.17) is 4.74 Å². The van der Waals surface area contributed by atoms with Gasteiger partial charge < -0.3 is 9.47 Å². The van der Waals surface area contributed by atoms with Gasteiger partial charge in [0.1, 0.15) is 5.75 Å². The standard InChI is InChI=1S/C18H23BrN2O5/c1-5-25-17(24)9-8-15(22)20-21-16(23)11-26-14-7-6-12(10-13(14)19)18(2,3)4/h6-10H,5,11H2,1-4H3,(H,20,22)(H,21,23)/b9-8-. The molecule has 0 aromatic heterocycles. The van der Waals surface area contributed by atoms with E-state index in [0.717, 1.165) is 22.2 Å². The summed E-state index contributed by atoms with van der Waals surface area (Å²) in [5, 5.41) is 0. The monoisotopic (exact) mass is 426 g/mol. The Morgan fingerprint density at radius 2 is 1.85 bits per heavy atom. The molecule has 0 radical (unpaired) electrons. The first-order valence-corrected chi connectivity index (χ1v) is 8.79. The predicted octanol–water partition coefficient (Wildman–Crippen LogP) is 2.39. The number of ether oxygens (including phenoxy) is 2. The lowest BCUT2D eigenvalue weighted by Crippen LogP contribution is -2.43. The summed E-state index contributed by atoms with van der Waals surface area (Å²) >= 11 is 3.42. The van der Waals surface area contributed by atoms with Gasteiger partial charge in [-0.15, -0.1) is 0 Å². The third-order valence-corrected chi connectivity index (χ3v) is 3.76. The lowest BCUT2D eigenvalue weighted by atomic mass is 9.87. The van der Waals surface area contributed by atoms with E-state index in [0.29, 0.717) is 5.75 Å². The summed E-state index contributed by atoms with van der Waals surface area (Å²) in [4.78, 5) is 34.2. The lowest BCUT2D eigenvalue weighted by Gasteiger charge is -2.20. The van der Waals surface area contributed by atoms with E-state index in [-0.39, 0.29) is 18.6 Å². The van der Waals surface area contributed by atoms with Gasteiger partial charge >= 0.3 is 5.97 Å². The highest BCUT2D eigenvalue weighted by molar-refractivity contribution is 9.10. The Labute approximate surface area is 161 Å². The van der Waals surface area contributed by atoms with Crippen molar-refractivity contribution in [2.24, 2.45) is 0 Å². The molecular formula is C18H23BrN2O5. The van der Waals surface area contributed by atoms with Crippen molar-refractivity contribution < 1.29 is 23.9 Å². The largest absolute Gasteiger partial charge is 0.483 e. The van der Waals surface area contributed by atoms with Crippen molar-refractivity contribution >= 4 is 33.7 Å². The molecular weight excluding hydrogens is 404 g/mol. The number of amides is 2. The van der Waals surface area contributed by atoms with Gasteiger partial charge in [-0.25, -0.2) is 4.79 Å². The average molecular weight is 427 g/mol. The normalized spacial score (nSPS) is 11.1. The zero-order valence-corrected chi connectivity index (χ0v) is 16.8. The fourth-order valence-electron chi connectivity index (χ4n) is 1.77. The van der Waals surface area contributed by atoms with Crippen molar-refractivity contribution in [3.63, 3.8) is 0 Å². The first-order chi connectivity index (χ1) is 12.1. The first kappa shape index (κ1) is 21.7. The molecule has 8 heteroatoms. The summed E-state index contributed by atoms with van der Waals surface area (Å²) in [6.07, 6.45) is 1.93. The molecule has 26 heavy (non-hydrogen) atoms. The molecule has 1 aromatic carbocycles. The molecule has 0 bridgehead atoms. The molecule has 7 nitrogen and oxygen atoms in total. The highest BCUT2D eigenvalue weighted by Gasteiger charge is 2.15. The molecule has 0 aliphatic heterocycles. The smallest absolute Gasteiger partial charge is 0.330 e. The quantitative estimate of drug-likeness (QED) is 0.413. The molecule has 2 amide bonds. The van der Waals surface area contributed by atoms with Crippen LogP contribution in [0.1, 0.15) is 33.3 Å². The van der Waals surface area contributed by atoms with Crippen LogP contribution in [0.3, 0.4) is 0 Å². The zero-order chi connectivity index (χ0) is 19.7. The van der Waals surface area contributed by atoms with Gasteiger partial charge in [-0.3, -0.25) is 20.4 Å². The molecule has 0 atom stereocenters. The Morgan fingerprint density at radius 1 is 1.15 bits per heavy atom. The maximum atomic E-state index is 11.7. The van der Waals surface area contributed by atoms with E-state index in [1.165, 1.54) is 0 Å². The Kier molecular flexibility index (Phi) is 8.31. The van der Waals surface area contributed by atoms with Crippen LogP contribution in [0, 0.1) is 0 Å². The van der Waals surface area contributed by atoms with Crippen molar-refractivity contribution in [2.75, 3.05) is 13.2 Å². The van der Waals surface area contributed by atoms with Crippen LogP contribution in [0.2, 0.25) is 0 Å². The van der Waals surface area contributed by atoms with Crippen molar-refractivity contribution in [2.45, 2.75) is 33.1 Å². The number of hydrazine groups is 1. The number of hydrogen-bond acceptors (Lipinski definition) is 5. The summed E-state index contributed by atoms with van der Waals surface area (Å²) in [6, 6.07) is 5.65. The van der Waals surface area contributed by atoms with Gasteiger partial charge in [0.2, 0.25) is 0 Å². The Bertz CT molecular complexity index is 695. The van der Waals surface area contributed by atoms with Crippen LogP contribution in [0.25, 0.3) is 0 Å². The van der Waals surface area contributed by atoms with Crippen molar-refractivity contribution in [3.05, 3.63) is 40.4 Å². The maximum absolute atomic E-state index is 11.7. The van der Waals surface area contributed by atoms with Gasteiger partial charge in [0, 0.05) is 12.2 Å². The highest BCUT2D eigenvalue weighted by Crippen LogP contribution is 2.31. The van der Waals surface area contributed by atoms with Crippen molar-refractivity contribution in [1.82, 2.24) is 10.9 Å². The van der Waals surface area contributed by atoms with Crippen LogP contribution < -0.4 is 15.6 Å². The van der Waals surface area contributed by atoms with E-state index >= 15 is 0 Å². The molecule has 0 aliphatic rings. The summed E-state index contributed by atoms with van der Waals surface area (Å²) in [6.45, 7) is 7.88. The van der Waals surface area contributed by atoms with Crippen LogP contribution in [0.4, 0.5) is 0 Å². The summed E-state index contributed by atoms with van der Waals surface area (Å²) in [5.74, 6) is -1.33. The second kappa shape index (κ2) is 9.96. The van der Waals surface area contributed by atoms with Crippen molar-refractivity contribution in [3.8, 4) is 5.75 Å². The number of benzene rings is 1. The minimum absolute atomic E-state index is 0.000222. The minimum Gasteiger partial charge on any atom is -0.483 e. The molecule has 0 spiro atoms.